The molecule has 0 N–H and O–H groups in total. The summed E-state index contributed by atoms with van der Waals surface area (Å²) >= 11 is 6.18. The van der Waals surface area contributed by atoms with Crippen LogP contribution in [0.2, 0.25) is 5.02 Å². The van der Waals surface area contributed by atoms with Crippen LogP contribution < -0.4 is 5.69 Å². The standard InChI is InChI=1S/C22H15ClN4O/c1-14-10-11-18-19(12-14)25-21-20(24-18)27(17-9-5-6-15(23)13-17)22(28)26(21)16-7-3-2-4-8-16/h2-13H,1H3. The highest BCUT2D eigenvalue weighted by atomic mass is 35.5. The number of para-hydroxylation sites is 1. The molecule has 0 aliphatic heterocycles. The molecule has 5 aromatic rings. The molecule has 0 saturated carbocycles. The van der Waals surface area contributed by atoms with Crippen LogP contribution in [-0.4, -0.2) is 19.1 Å². The number of hydrogen-bond acceptors (Lipinski definition) is 3. The first kappa shape index (κ1) is 16.7. The number of imidazole rings is 1. The van der Waals surface area contributed by atoms with Crippen LogP contribution in [0, 0.1) is 6.92 Å². The number of benzene rings is 3. The van der Waals surface area contributed by atoms with E-state index >= 15 is 0 Å². The van der Waals surface area contributed by atoms with Crippen molar-refractivity contribution in [3.63, 3.8) is 0 Å². The molecule has 5 rings (SSSR count). The summed E-state index contributed by atoms with van der Waals surface area (Å²) in [6, 6.07) is 22.5. The molecular formula is C22H15ClN4O. The summed E-state index contributed by atoms with van der Waals surface area (Å²) in [6.07, 6.45) is 0. The van der Waals surface area contributed by atoms with E-state index in [0.29, 0.717) is 22.0 Å². The average Bonchev–Trinajstić information content (AvgIpc) is 2.97. The normalized spacial score (nSPS) is 11.4. The zero-order chi connectivity index (χ0) is 19.3. The maximum absolute atomic E-state index is 13.4. The predicted molar refractivity (Wildman–Crippen MR) is 112 cm³/mol. The van der Waals surface area contributed by atoms with Crippen molar-refractivity contribution < 1.29 is 0 Å². The Kier molecular flexibility index (Phi) is 3.77. The molecule has 28 heavy (non-hydrogen) atoms. The fraction of sp³-hybridized carbons (Fsp3) is 0.0455. The second kappa shape index (κ2) is 6.32. The Labute approximate surface area is 165 Å². The number of halogens is 1. The molecule has 0 aliphatic carbocycles. The van der Waals surface area contributed by atoms with Crippen molar-refractivity contribution in [1.82, 2.24) is 19.1 Å². The molecule has 0 saturated heterocycles. The molecule has 0 atom stereocenters. The number of aryl methyl sites for hydroxylation is 1. The highest BCUT2D eigenvalue weighted by Crippen LogP contribution is 2.23. The lowest BCUT2D eigenvalue weighted by atomic mass is 10.2. The van der Waals surface area contributed by atoms with Gasteiger partial charge in [-0.15, -0.1) is 0 Å². The number of aromatic nitrogens is 4. The first-order chi connectivity index (χ1) is 13.6. The quantitative estimate of drug-likeness (QED) is 0.442. The average molecular weight is 387 g/mol. The number of hydrogen-bond donors (Lipinski definition) is 0. The van der Waals surface area contributed by atoms with Crippen LogP contribution in [0.25, 0.3) is 33.7 Å². The molecule has 0 spiro atoms. The van der Waals surface area contributed by atoms with Gasteiger partial charge in [-0.1, -0.05) is 41.9 Å². The summed E-state index contributed by atoms with van der Waals surface area (Å²) in [5, 5.41) is 0.550. The van der Waals surface area contributed by atoms with Gasteiger partial charge in [-0.25, -0.2) is 23.9 Å². The largest absolute Gasteiger partial charge is 0.340 e. The molecule has 5 nitrogen and oxygen atoms in total. The van der Waals surface area contributed by atoms with Crippen molar-refractivity contribution in [1.29, 1.82) is 0 Å². The predicted octanol–water partition coefficient (Wildman–Crippen LogP) is 4.69. The molecule has 136 valence electrons. The Morgan fingerprint density at radius 3 is 2.18 bits per heavy atom. The monoisotopic (exact) mass is 386 g/mol. The lowest BCUT2D eigenvalue weighted by Gasteiger charge is -2.04. The van der Waals surface area contributed by atoms with Crippen LogP contribution in [0.4, 0.5) is 0 Å². The smallest absolute Gasteiger partial charge is 0.247 e. The van der Waals surface area contributed by atoms with Crippen LogP contribution in [-0.2, 0) is 0 Å². The van der Waals surface area contributed by atoms with Crippen molar-refractivity contribution in [2.24, 2.45) is 0 Å². The minimum absolute atomic E-state index is 0.240. The Morgan fingerprint density at radius 1 is 0.750 bits per heavy atom. The fourth-order valence-electron chi connectivity index (χ4n) is 3.38. The minimum atomic E-state index is -0.240. The van der Waals surface area contributed by atoms with E-state index in [1.54, 1.807) is 21.3 Å². The second-order valence-corrected chi connectivity index (χ2v) is 7.07. The van der Waals surface area contributed by atoms with Gasteiger partial charge in [-0.05, 0) is 55.0 Å². The SMILES string of the molecule is Cc1ccc2nc3c(nc2c1)n(-c1ccccc1)c(=O)n3-c1cccc(Cl)c1. The Bertz CT molecular complexity index is 1400. The fourth-order valence-corrected chi connectivity index (χ4v) is 3.57. The van der Waals surface area contributed by atoms with Gasteiger partial charge in [0.15, 0.2) is 11.3 Å². The third kappa shape index (κ3) is 2.60. The molecule has 0 aliphatic rings. The number of rotatable bonds is 2. The Hall–Kier alpha value is -3.44. The van der Waals surface area contributed by atoms with Gasteiger partial charge in [0.05, 0.1) is 22.4 Å². The van der Waals surface area contributed by atoms with Crippen LogP contribution in [0.5, 0.6) is 0 Å². The van der Waals surface area contributed by atoms with E-state index in [9.17, 15) is 4.79 Å². The van der Waals surface area contributed by atoms with Crippen molar-refractivity contribution >= 4 is 33.9 Å². The van der Waals surface area contributed by atoms with Crippen LogP contribution in [0.1, 0.15) is 5.56 Å². The summed E-state index contributed by atoms with van der Waals surface area (Å²) in [6.45, 7) is 2.01. The van der Waals surface area contributed by atoms with E-state index in [4.69, 9.17) is 21.6 Å². The summed E-state index contributed by atoms with van der Waals surface area (Å²) in [7, 11) is 0. The summed E-state index contributed by atoms with van der Waals surface area (Å²) < 4.78 is 3.14. The second-order valence-electron chi connectivity index (χ2n) is 6.63. The minimum Gasteiger partial charge on any atom is -0.247 e. The van der Waals surface area contributed by atoms with Gasteiger partial charge in [0, 0.05) is 5.02 Å². The molecule has 0 amide bonds. The van der Waals surface area contributed by atoms with Crippen LogP contribution >= 0.6 is 11.6 Å². The molecule has 3 aromatic carbocycles. The van der Waals surface area contributed by atoms with E-state index in [2.05, 4.69) is 0 Å². The van der Waals surface area contributed by atoms with Crippen molar-refractivity contribution in [3.8, 4) is 11.4 Å². The topological polar surface area (TPSA) is 52.7 Å². The molecule has 0 bridgehead atoms. The molecule has 2 heterocycles. The summed E-state index contributed by atoms with van der Waals surface area (Å²) in [4.78, 5) is 23.0. The number of nitrogens with zero attached hydrogens (tertiary/aromatic N) is 4. The third-order valence-corrected chi connectivity index (χ3v) is 4.91. The lowest BCUT2D eigenvalue weighted by Crippen LogP contribution is -2.22. The van der Waals surface area contributed by atoms with Crippen LogP contribution in [0.3, 0.4) is 0 Å². The van der Waals surface area contributed by atoms with Gasteiger partial charge in [-0.2, -0.15) is 0 Å². The van der Waals surface area contributed by atoms with E-state index < -0.39 is 0 Å². The summed E-state index contributed by atoms with van der Waals surface area (Å²) in [5.41, 5.74) is 4.72. The van der Waals surface area contributed by atoms with Gasteiger partial charge in [-0.3, -0.25) is 0 Å². The Balaban J connectivity index is 1.96. The van der Waals surface area contributed by atoms with E-state index in [1.165, 1.54) is 0 Å². The Morgan fingerprint density at radius 2 is 1.43 bits per heavy atom. The maximum atomic E-state index is 13.4. The van der Waals surface area contributed by atoms with Crippen molar-refractivity contribution in [2.75, 3.05) is 0 Å². The molecule has 6 heteroatoms. The molecular weight excluding hydrogens is 372 g/mol. The summed E-state index contributed by atoms with van der Waals surface area (Å²) in [5.74, 6) is 0. The first-order valence-corrected chi connectivity index (χ1v) is 9.23. The maximum Gasteiger partial charge on any atom is 0.340 e. The molecule has 0 unspecified atom stereocenters. The highest BCUT2D eigenvalue weighted by molar-refractivity contribution is 6.30. The highest BCUT2D eigenvalue weighted by Gasteiger charge is 2.19. The number of fused-ring (bicyclic) bond motifs is 2. The zero-order valence-corrected chi connectivity index (χ0v) is 15.8. The van der Waals surface area contributed by atoms with Gasteiger partial charge in [0.25, 0.3) is 0 Å². The zero-order valence-electron chi connectivity index (χ0n) is 15.0. The van der Waals surface area contributed by atoms with E-state index in [-0.39, 0.29) is 5.69 Å². The van der Waals surface area contributed by atoms with E-state index in [0.717, 1.165) is 22.3 Å². The van der Waals surface area contributed by atoms with Gasteiger partial charge in [0.2, 0.25) is 0 Å². The van der Waals surface area contributed by atoms with E-state index in [1.807, 2.05) is 67.6 Å². The molecule has 2 aromatic heterocycles. The lowest BCUT2D eigenvalue weighted by molar-refractivity contribution is 0.922. The van der Waals surface area contributed by atoms with Crippen molar-refractivity contribution in [2.45, 2.75) is 6.92 Å². The van der Waals surface area contributed by atoms with Gasteiger partial charge >= 0.3 is 5.69 Å². The van der Waals surface area contributed by atoms with Crippen LogP contribution in [0.15, 0.2) is 77.6 Å². The van der Waals surface area contributed by atoms with Crippen molar-refractivity contribution in [3.05, 3.63) is 93.9 Å². The first-order valence-electron chi connectivity index (χ1n) is 8.85. The molecule has 0 radical (unpaired) electrons. The van der Waals surface area contributed by atoms with Gasteiger partial charge < -0.3 is 0 Å². The third-order valence-electron chi connectivity index (χ3n) is 4.67. The molecule has 0 fully saturated rings. The van der Waals surface area contributed by atoms with Gasteiger partial charge in [0.1, 0.15) is 0 Å².